The second kappa shape index (κ2) is 8.23. The van der Waals surface area contributed by atoms with Crippen molar-refractivity contribution in [1.82, 2.24) is 10.3 Å². The zero-order valence-corrected chi connectivity index (χ0v) is 16.2. The molecule has 4 rings (SSSR count). The number of amides is 1. The van der Waals surface area contributed by atoms with Gasteiger partial charge in [-0.1, -0.05) is 12.1 Å². The molecule has 0 unspecified atom stereocenters. The lowest BCUT2D eigenvalue weighted by Crippen LogP contribution is -2.23. The molecule has 10 heteroatoms. The van der Waals surface area contributed by atoms with Crippen LogP contribution in [0.15, 0.2) is 47.8 Å². The molecular formula is C20H15F3N2O4S. The number of aromatic nitrogens is 1. The number of hydrogen-bond acceptors (Lipinski definition) is 6. The van der Waals surface area contributed by atoms with Crippen LogP contribution in [0.25, 0.3) is 0 Å². The van der Waals surface area contributed by atoms with Gasteiger partial charge in [-0.2, -0.15) is 13.2 Å². The average molecular weight is 436 g/mol. The Hall–Kier alpha value is -3.27. The molecule has 0 saturated heterocycles. The fraction of sp³-hybridized carbons (Fsp3) is 0.200. The highest BCUT2D eigenvalue weighted by molar-refractivity contribution is 7.09. The van der Waals surface area contributed by atoms with Crippen LogP contribution in [0.5, 0.6) is 17.2 Å². The van der Waals surface area contributed by atoms with Crippen LogP contribution in [0.1, 0.15) is 26.6 Å². The van der Waals surface area contributed by atoms with Crippen LogP contribution in [0.2, 0.25) is 0 Å². The molecule has 1 amide bonds. The summed E-state index contributed by atoms with van der Waals surface area (Å²) in [5.41, 5.74) is 0.266. The Morgan fingerprint density at radius 3 is 2.83 bits per heavy atom. The molecule has 2 heterocycles. The van der Waals surface area contributed by atoms with Crippen LogP contribution >= 0.6 is 11.3 Å². The van der Waals surface area contributed by atoms with Gasteiger partial charge in [0, 0.05) is 11.9 Å². The summed E-state index contributed by atoms with van der Waals surface area (Å²) in [6.45, 7) is 0.416. The number of fused-ring (bicyclic) bond motifs is 1. The number of ether oxygens (including phenoxy) is 3. The molecule has 1 N–H and O–H groups in total. The van der Waals surface area contributed by atoms with Crippen LogP contribution in [-0.4, -0.2) is 17.7 Å². The summed E-state index contributed by atoms with van der Waals surface area (Å²) >= 11 is 1.19. The number of thiazole rings is 1. The van der Waals surface area contributed by atoms with Gasteiger partial charge in [-0.15, -0.1) is 11.3 Å². The first-order valence-corrected chi connectivity index (χ1v) is 9.67. The van der Waals surface area contributed by atoms with Gasteiger partial charge in [-0.3, -0.25) is 4.79 Å². The Morgan fingerprint density at radius 2 is 2.00 bits per heavy atom. The number of carbonyl (C=O) groups is 1. The topological polar surface area (TPSA) is 69.7 Å². The average Bonchev–Trinajstić information content (AvgIpc) is 3.39. The third kappa shape index (κ3) is 4.65. The van der Waals surface area contributed by atoms with E-state index in [-0.39, 0.29) is 37.3 Å². The van der Waals surface area contributed by atoms with E-state index in [0.717, 1.165) is 17.7 Å². The lowest BCUT2D eigenvalue weighted by atomic mass is 10.2. The van der Waals surface area contributed by atoms with Gasteiger partial charge >= 0.3 is 6.18 Å². The van der Waals surface area contributed by atoms with Crippen molar-refractivity contribution in [2.75, 3.05) is 6.79 Å². The van der Waals surface area contributed by atoms with Crippen molar-refractivity contribution in [2.45, 2.75) is 19.3 Å². The fourth-order valence-electron chi connectivity index (χ4n) is 2.71. The van der Waals surface area contributed by atoms with Gasteiger partial charge < -0.3 is 19.5 Å². The summed E-state index contributed by atoms with van der Waals surface area (Å²) in [4.78, 5) is 16.5. The first-order chi connectivity index (χ1) is 14.4. The van der Waals surface area contributed by atoms with E-state index in [0.29, 0.717) is 16.5 Å². The predicted molar refractivity (Wildman–Crippen MR) is 102 cm³/mol. The summed E-state index contributed by atoms with van der Waals surface area (Å²) < 4.78 is 54.2. The molecule has 30 heavy (non-hydrogen) atoms. The Morgan fingerprint density at radius 1 is 1.17 bits per heavy atom. The Balaban J connectivity index is 1.32. The molecule has 1 aliphatic rings. The van der Waals surface area contributed by atoms with Crippen molar-refractivity contribution in [3.8, 4) is 17.2 Å². The maximum Gasteiger partial charge on any atom is 0.416 e. The summed E-state index contributed by atoms with van der Waals surface area (Å²) in [7, 11) is 0. The molecule has 0 saturated carbocycles. The number of hydrogen-bond donors (Lipinski definition) is 1. The highest BCUT2D eigenvalue weighted by atomic mass is 32.1. The second-order valence-corrected chi connectivity index (χ2v) is 7.25. The number of carbonyl (C=O) groups excluding carboxylic acids is 1. The largest absolute Gasteiger partial charge is 0.486 e. The van der Waals surface area contributed by atoms with E-state index in [1.165, 1.54) is 23.5 Å². The molecule has 0 fully saturated rings. The fourth-order valence-corrected chi connectivity index (χ4v) is 3.40. The predicted octanol–water partition coefficient (Wildman–Crippen LogP) is 4.40. The van der Waals surface area contributed by atoms with E-state index in [2.05, 4.69) is 10.3 Å². The smallest absolute Gasteiger partial charge is 0.416 e. The number of halogens is 3. The Kier molecular flexibility index (Phi) is 5.49. The van der Waals surface area contributed by atoms with Crippen LogP contribution in [0.3, 0.4) is 0 Å². The lowest BCUT2D eigenvalue weighted by Gasteiger charge is -2.09. The highest BCUT2D eigenvalue weighted by Gasteiger charge is 2.30. The molecular weight excluding hydrogens is 421 g/mol. The number of rotatable bonds is 6. The minimum absolute atomic E-state index is 0.0403. The van der Waals surface area contributed by atoms with Crippen LogP contribution in [0, 0.1) is 0 Å². The Bertz CT molecular complexity index is 1070. The van der Waals surface area contributed by atoms with E-state index in [9.17, 15) is 18.0 Å². The number of benzene rings is 2. The van der Waals surface area contributed by atoms with Crippen molar-refractivity contribution in [2.24, 2.45) is 0 Å². The molecule has 0 spiro atoms. The molecule has 156 valence electrons. The molecule has 0 bridgehead atoms. The SMILES string of the molecule is O=C(NCc1ccc2c(c1)OCO2)c1csc(COc2cccc(C(F)(F)F)c2)n1. The quantitative estimate of drug-likeness (QED) is 0.620. The summed E-state index contributed by atoms with van der Waals surface area (Å²) in [5.74, 6) is 1.00. The molecule has 0 aliphatic carbocycles. The molecule has 1 aromatic heterocycles. The highest BCUT2D eigenvalue weighted by Crippen LogP contribution is 2.33. The van der Waals surface area contributed by atoms with Crippen molar-refractivity contribution >= 4 is 17.2 Å². The number of nitrogens with zero attached hydrogens (tertiary/aromatic N) is 1. The van der Waals surface area contributed by atoms with Crippen LogP contribution in [0.4, 0.5) is 13.2 Å². The van der Waals surface area contributed by atoms with E-state index in [4.69, 9.17) is 14.2 Å². The summed E-state index contributed by atoms with van der Waals surface area (Å²) in [5, 5.41) is 4.80. The van der Waals surface area contributed by atoms with Gasteiger partial charge in [0.05, 0.1) is 5.56 Å². The van der Waals surface area contributed by atoms with Gasteiger partial charge in [-0.05, 0) is 35.9 Å². The van der Waals surface area contributed by atoms with Crippen LogP contribution in [-0.2, 0) is 19.3 Å². The molecule has 0 atom stereocenters. The van der Waals surface area contributed by atoms with E-state index in [1.807, 2.05) is 6.07 Å². The maximum absolute atomic E-state index is 12.8. The van der Waals surface area contributed by atoms with E-state index < -0.39 is 11.7 Å². The molecule has 6 nitrogen and oxygen atoms in total. The summed E-state index contributed by atoms with van der Waals surface area (Å²) in [6.07, 6.45) is -4.44. The normalized spacial score (nSPS) is 12.6. The first-order valence-electron chi connectivity index (χ1n) is 8.80. The van der Waals surface area contributed by atoms with Gasteiger partial charge in [0.25, 0.3) is 5.91 Å². The zero-order valence-electron chi connectivity index (χ0n) is 15.4. The van der Waals surface area contributed by atoms with Crippen molar-refractivity contribution in [3.05, 3.63) is 69.7 Å². The Labute approximate surface area is 173 Å². The summed E-state index contributed by atoms with van der Waals surface area (Å²) in [6, 6.07) is 9.99. The molecule has 3 aromatic rings. The van der Waals surface area contributed by atoms with E-state index in [1.54, 1.807) is 17.5 Å². The third-order valence-corrected chi connectivity index (χ3v) is 5.02. The molecule has 2 aromatic carbocycles. The monoisotopic (exact) mass is 436 g/mol. The third-order valence-electron chi connectivity index (χ3n) is 4.20. The number of alkyl halides is 3. The number of nitrogens with one attached hydrogen (secondary N) is 1. The maximum atomic E-state index is 12.8. The minimum Gasteiger partial charge on any atom is -0.486 e. The van der Waals surface area contributed by atoms with Gasteiger partial charge in [0.2, 0.25) is 6.79 Å². The standard InChI is InChI=1S/C20H15F3N2O4S/c21-20(22,23)13-2-1-3-14(7-13)27-9-18-25-15(10-30-18)19(26)24-8-12-4-5-16-17(6-12)29-11-28-16/h1-7,10H,8-9,11H2,(H,24,26). The van der Waals surface area contributed by atoms with Crippen molar-refractivity contribution < 1.29 is 32.2 Å². The van der Waals surface area contributed by atoms with Gasteiger partial charge in [0.15, 0.2) is 11.5 Å². The lowest BCUT2D eigenvalue weighted by molar-refractivity contribution is -0.137. The second-order valence-electron chi connectivity index (χ2n) is 6.31. The minimum atomic E-state index is -4.44. The zero-order chi connectivity index (χ0) is 21.1. The van der Waals surface area contributed by atoms with Crippen LogP contribution < -0.4 is 19.5 Å². The molecule has 0 radical (unpaired) electrons. The molecule has 1 aliphatic heterocycles. The van der Waals surface area contributed by atoms with Gasteiger partial charge in [0.1, 0.15) is 23.1 Å². The van der Waals surface area contributed by atoms with Crippen molar-refractivity contribution in [3.63, 3.8) is 0 Å². The van der Waals surface area contributed by atoms with E-state index >= 15 is 0 Å². The first kappa shape index (κ1) is 20.0. The van der Waals surface area contributed by atoms with Gasteiger partial charge in [-0.25, -0.2) is 4.98 Å². The van der Waals surface area contributed by atoms with Crippen molar-refractivity contribution in [1.29, 1.82) is 0 Å².